The zero-order valence-corrected chi connectivity index (χ0v) is 14.2. The maximum Gasteiger partial charge on any atom is 0.165 e. The van der Waals surface area contributed by atoms with E-state index < -0.39 is 11.6 Å². The summed E-state index contributed by atoms with van der Waals surface area (Å²) in [6, 6.07) is 3.88. The minimum absolute atomic E-state index is 0.0206. The molecule has 0 spiro atoms. The van der Waals surface area contributed by atoms with Crippen LogP contribution in [-0.4, -0.2) is 23.1 Å². The highest BCUT2D eigenvalue weighted by Gasteiger charge is 2.20. The molecule has 0 amide bonds. The van der Waals surface area contributed by atoms with Crippen molar-refractivity contribution < 1.29 is 8.78 Å². The van der Waals surface area contributed by atoms with E-state index in [0.29, 0.717) is 0 Å². The van der Waals surface area contributed by atoms with Gasteiger partial charge in [-0.05, 0) is 42.8 Å². The summed E-state index contributed by atoms with van der Waals surface area (Å²) in [6.45, 7) is 1.68. The Bertz CT molecular complexity index is 906. The van der Waals surface area contributed by atoms with Crippen molar-refractivity contribution in [2.24, 2.45) is 0 Å². The third kappa shape index (κ3) is 2.74. The number of hydrogen-bond donors (Lipinski definition) is 0. The summed E-state index contributed by atoms with van der Waals surface area (Å²) < 4.78 is 29.0. The van der Waals surface area contributed by atoms with Crippen LogP contribution in [0.1, 0.15) is 12.8 Å². The van der Waals surface area contributed by atoms with Crippen LogP contribution in [0, 0.1) is 18.1 Å². The Morgan fingerprint density at radius 1 is 1.17 bits per heavy atom. The monoisotopic (exact) mass is 364 g/mol. The Kier molecular flexibility index (Phi) is 4.10. The van der Waals surface area contributed by atoms with Crippen molar-refractivity contribution in [3.05, 3.63) is 46.7 Å². The van der Waals surface area contributed by atoms with Crippen molar-refractivity contribution in [3.63, 3.8) is 0 Å². The molecule has 1 saturated heterocycles. The molecule has 0 saturated carbocycles. The Morgan fingerprint density at radius 2 is 2.04 bits per heavy atom. The molecule has 1 aliphatic heterocycles. The Hall–Kier alpha value is -1.79. The third-order valence-corrected chi connectivity index (χ3v) is 5.21. The Balaban J connectivity index is 1.89. The van der Waals surface area contributed by atoms with Gasteiger partial charge in [0.15, 0.2) is 11.6 Å². The molecule has 1 fully saturated rings. The molecule has 0 atom stereocenters. The number of aromatic nitrogens is 2. The molecule has 0 bridgehead atoms. The standard InChI is InChI=1S/C17H13ClF2N3S/c18-11-9-12(19)10(8-13(11)20)16-21-14-4-7-24-15(14)17(22-16)23-5-2-1-3-6-23/h2,4,7-9H,1,3,5-6H2. The third-order valence-electron chi connectivity index (χ3n) is 4.02. The van der Waals surface area contributed by atoms with Crippen molar-refractivity contribution in [2.45, 2.75) is 12.8 Å². The molecule has 24 heavy (non-hydrogen) atoms. The molecular formula is C17H13ClF2N3S. The molecule has 3 heterocycles. The highest BCUT2D eigenvalue weighted by atomic mass is 35.5. The molecule has 4 rings (SSSR count). The first-order valence-electron chi connectivity index (χ1n) is 7.60. The van der Waals surface area contributed by atoms with Crippen molar-refractivity contribution in [1.29, 1.82) is 0 Å². The molecule has 0 unspecified atom stereocenters. The van der Waals surface area contributed by atoms with Gasteiger partial charge in [0.25, 0.3) is 0 Å². The zero-order valence-electron chi connectivity index (χ0n) is 12.6. The predicted molar refractivity (Wildman–Crippen MR) is 93.5 cm³/mol. The second kappa shape index (κ2) is 6.26. The number of hydrogen-bond acceptors (Lipinski definition) is 4. The topological polar surface area (TPSA) is 29.0 Å². The quantitative estimate of drug-likeness (QED) is 0.593. The lowest BCUT2D eigenvalue weighted by Gasteiger charge is -2.28. The number of halogens is 3. The first-order valence-corrected chi connectivity index (χ1v) is 8.86. The fourth-order valence-electron chi connectivity index (χ4n) is 2.83. The van der Waals surface area contributed by atoms with Gasteiger partial charge in [-0.25, -0.2) is 18.7 Å². The molecule has 1 radical (unpaired) electrons. The van der Waals surface area contributed by atoms with Crippen LogP contribution >= 0.6 is 22.9 Å². The number of benzene rings is 1. The maximum absolute atomic E-state index is 14.3. The van der Waals surface area contributed by atoms with Crippen LogP contribution < -0.4 is 4.90 Å². The normalized spacial score (nSPS) is 15.2. The van der Waals surface area contributed by atoms with E-state index in [9.17, 15) is 8.78 Å². The van der Waals surface area contributed by atoms with Gasteiger partial charge in [0.2, 0.25) is 0 Å². The molecule has 1 aromatic carbocycles. The van der Waals surface area contributed by atoms with Crippen LogP contribution in [0.3, 0.4) is 0 Å². The predicted octanol–water partition coefficient (Wildman–Crippen LogP) is 5.09. The summed E-state index contributed by atoms with van der Waals surface area (Å²) in [6.07, 6.45) is 4.34. The smallest absolute Gasteiger partial charge is 0.165 e. The number of nitrogens with zero attached hydrogens (tertiary/aromatic N) is 3. The average molecular weight is 365 g/mol. The van der Waals surface area contributed by atoms with Gasteiger partial charge in [-0.2, -0.15) is 0 Å². The van der Waals surface area contributed by atoms with Gasteiger partial charge in [0.1, 0.15) is 11.6 Å². The van der Waals surface area contributed by atoms with Crippen molar-refractivity contribution in [2.75, 3.05) is 18.0 Å². The molecule has 2 aromatic heterocycles. The van der Waals surface area contributed by atoms with Gasteiger partial charge in [-0.3, -0.25) is 0 Å². The van der Waals surface area contributed by atoms with Crippen LogP contribution in [0.15, 0.2) is 23.6 Å². The van der Waals surface area contributed by atoms with Crippen LogP contribution in [0.2, 0.25) is 5.02 Å². The lowest BCUT2D eigenvalue weighted by Crippen LogP contribution is -2.30. The Labute approximate surface area is 146 Å². The minimum Gasteiger partial charge on any atom is -0.355 e. The highest BCUT2D eigenvalue weighted by molar-refractivity contribution is 7.17. The average Bonchev–Trinajstić information content (AvgIpc) is 3.06. The molecule has 1 aliphatic rings. The zero-order chi connectivity index (χ0) is 16.7. The molecule has 7 heteroatoms. The van der Waals surface area contributed by atoms with Crippen molar-refractivity contribution in [1.82, 2.24) is 9.97 Å². The summed E-state index contributed by atoms with van der Waals surface area (Å²) in [7, 11) is 0. The van der Waals surface area contributed by atoms with Crippen molar-refractivity contribution >= 4 is 39.0 Å². The molecule has 0 aliphatic carbocycles. The van der Waals surface area contributed by atoms with E-state index in [1.54, 1.807) is 11.3 Å². The largest absolute Gasteiger partial charge is 0.355 e. The van der Waals surface area contributed by atoms with E-state index in [1.807, 2.05) is 11.4 Å². The number of thiophene rings is 1. The summed E-state index contributed by atoms with van der Waals surface area (Å²) in [5.74, 6) is -0.368. The minimum atomic E-state index is -0.685. The van der Waals surface area contributed by atoms with E-state index in [2.05, 4.69) is 21.3 Å². The van der Waals surface area contributed by atoms with E-state index >= 15 is 0 Å². The lowest BCUT2D eigenvalue weighted by molar-refractivity contribution is 0.602. The fraction of sp³-hybridized carbons (Fsp3) is 0.235. The van der Waals surface area contributed by atoms with Gasteiger partial charge in [-0.1, -0.05) is 11.6 Å². The van der Waals surface area contributed by atoms with E-state index in [0.717, 1.165) is 54.1 Å². The Morgan fingerprint density at radius 3 is 2.83 bits per heavy atom. The van der Waals surface area contributed by atoms with Gasteiger partial charge in [0.05, 0.1) is 20.8 Å². The summed E-state index contributed by atoms with van der Waals surface area (Å²) in [5, 5.41) is 1.68. The molecule has 0 N–H and O–H groups in total. The van der Waals surface area contributed by atoms with Crippen LogP contribution in [0.5, 0.6) is 0 Å². The SMILES string of the molecule is Fc1cc(-c2nc(N3C[CH]CCC3)c3sccc3n2)c(F)cc1Cl. The number of piperidine rings is 1. The lowest BCUT2D eigenvalue weighted by atomic mass is 10.1. The molecule has 123 valence electrons. The van der Waals surface area contributed by atoms with Gasteiger partial charge in [0, 0.05) is 13.1 Å². The summed E-state index contributed by atoms with van der Waals surface area (Å²) in [5.41, 5.74) is 0.757. The second-order valence-corrected chi connectivity index (χ2v) is 6.95. The molecule has 3 nitrogen and oxygen atoms in total. The van der Waals surface area contributed by atoms with Gasteiger partial charge < -0.3 is 4.90 Å². The highest BCUT2D eigenvalue weighted by Crippen LogP contribution is 2.34. The fourth-order valence-corrected chi connectivity index (χ4v) is 3.83. The van der Waals surface area contributed by atoms with Gasteiger partial charge in [-0.15, -0.1) is 11.3 Å². The molecular weight excluding hydrogens is 352 g/mol. The summed E-state index contributed by atoms with van der Waals surface area (Å²) >= 11 is 7.19. The van der Waals surface area contributed by atoms with Crippen LogP contribution in [0.4, 0.5) is 14.6 Å². The number of rotatable bonds is 2. The van der Waals surface area contributed by atoms with Crippen LogP contribution in [0.25, 0.3) is 21.6 Å². The maximum atomic E-state index is 14.3. The van der Waals surface area contributed by atoms with Gasteiger partial charge >= 0.3 is 0 Å². The number of fused-ring (bicyclic) bond motifs is 1. The molecule has 3 aromatic rings. The van der Waals surface area contributed by atoms with Crippen molar-refractivity contribution in [3.8, 4) is 11.4 Å². The van der Waals surface area contributed by atoms with E-state index in [4.69, 9.17) is 11.6 Å². The first kappa shape index (κ1) is 15.7. The van der Waals surface area contributed by atoms with E-state index in [1.165, 1.54) is 0 Å². The van der Waals surface area contributed by atoms with E-state index in [-0.39, 0.29) is 16.4 Å². The number of anilines is 1. The second-order valence-electron chi connectivity index (χ2n) is 5.63. The van der Waals surface area contributed by atoms with Crippen LogP contribution in [-0.2, 0) is 0 Å². The summed E-state index contributed by atoms with van der Waals surface area (Å²) in [4.78, 5) is 11.1. The first-order chi connectivity index (χ1) is 11.6.